The summed E-state index contributed by atoms with van der Waals surface area (Å²) in [5.41, 5.74) is 2.04. The van der Waals surface area contributed by atoms with Crippen LogP contribution in [0.4, 0.5) is 30.2 Å². The van der Waals surface area contributed by atoms with Crippen LogP contribution in [0.3, 0.4) is 0 Å². The fourth-order valence-electron chi connectivity index (χ4n) is 4.61. The lowest BCUT2D eigenvalue weighted by atomic mass is 9.95. The van der Waals surface area contributed by atoms with Crippen molar-refractivity contribution in [3.05, 3.63) is 57.5 Å². The van der Waals surface area contributed by atoms with Gasteiger partial charge in [0, 0.05) is 49.1 Å². The molecule has 2 aromatic heterocycles. The number of aromatic nitrogens is 3. The third kappa shape index (κ3) is 3.33. The minimum Gasteiger partial charge on any atom is -0.384 e. The molecule has 1 unspecified atom stereocenters. The maximum Gasteiger partial charge on any atom is 0.417 e. The summed E-state index contributed by atoms with van der Waals surface area (Å²) < 4.78 is 41.0. The maximum absolute atomic E-state index is 13.2. The Morgan fingerprint density at radius 1 is 1.19 bits per heavy atom. The molecule has 2 aliphatic rings. The molecule has 31 heavy (non-hydrogen) atoms. The van der Waals surface area contributed by atoms with E-state index in [2.05, 4.69) is 15.5 Å². The van der Waals surface area contributed by atoms with Gasteiger partial charge in [-0.3, -0.25) is 14.5 Å². The first kappa shape index (κ1) is 19.6. The summed E-state index contributed by atoms with van der Waals surface area (Å²) in [6, 6.07) is 5.54. The summed E-state index contributed by atoms with van der Waals surface area (Å²) in [7, 11) is 0. The van der Waals surface area contributed by atoms with Crippen LogP contribution >= 0.6 is 0 Å². The summed E-state index contributed by atoms with van der Waals surface area (Å²) in [6.45, 7) is 1.78. The number of nitrogens with zero attached hydrogens (tertiary/aromatic N) is 5. The largest absolute Gasteiger partial charge is 0.417 e. The van der Waals surface area contributed by atoms with Gasteiger partial charge in [0.15, 0.2) is 5.65 Å². The molecule has 162 valence electrons. The van der Waals surface area contributed by atoms with E-state index in [0.29, 0.717) is 43.1 Å². The highest BCUT2D eigenvalue weighted by molar-refractivity contribution is 5.78. The van der Waals surface area contributed by atoms with Crippen LogP contribution in [-0.2, 0) is 12.6 Å². The molecule has 1 aromatic carbocycles. The number of benzene rings is 1. The Morgan fingerprint density at radius 3 is 2.81 bits per heavy atom. The first-order chi connectivity index (χ1) is 14.8. The van der Waals surface area contributed by atoms with Crippen LogP contribution in [-0.4, -0.2) is 39.2 Å². The molecule has 3 aromatic rings. The van der Waals surface area contributed by atoms with Crippen molar-refractivity contribution in [3.8, 4) is 0 Å². The lowest BCUT2D eigenvalue weighted by Gasteiger charge is -2.34. The van der Waals surface area contributed by atoms with Gasteiger partial charge in [0.2, 0.25) is 0 Å². The topological polar surface area (TPSA) is 88.6 Å². The predicted octanol–water partition coefficient (Wildman–Crippen LogP) is 4.01. The molecule has 8 nitrogen and oxygen atoms in total. The van der Waals surface area contributed by atoms with Crippen LogP contribution < -0.4 is 10.2 Å². The molecule has 11 heteroatoms. The summed E-state index contributed by atoms with van der Waals surface area (Å²) >= 11 is 0. The lowest BCUT2D eigenvalue weighted by Crippen LogP contribution is -2.36. The summed E-state index contributed by atoms with van der Waals surface area (Å²) in [4.78, 5) is 13.3. The van der Waals surface area contributed by atoms with Gasteiger partial charge < -0.3 is 10.2 Å². The molecular formula is C20H19F3N6O2. The monoisotopic (exact) mass is 432 g/mol. The number of nitrogens with one attached hydrogen (secondary N) is 1. The first-order valence-electron chi connectivity index (χ1n) is 10.0. The van der Waals surface area contributed by atoms with Crippen LogP contribution in [0.1, 0.15) is 35.7 Å². The van der Waals surface area contributed by atoms with Gasteiger partial charge in [-0.2, -0.15) is 13.2 Å². The van der Waals surface area contributed by atoms with Crippen LogP contribution in [0.25, 0.3) is 5.65 Å². The van der Waals surface area contributed by atoms with E-state index in [4.69, 9.17) is 0 Å². The van der Waals surface area contributed by atoms with Crippen molar-refractivity contribution in [3.63, 3.8) is 0 Å². The number of pyridine rings is 1. The lowest BCUT2D eigenvalue weighted by molar-refractivity contribution is -0.384. The average Bonchev–Trinajstić information content (AvgIpc) is 3.38. The third-order valence-corrected chi connectivity index (χ3v) is 6.01. The summed E-state index contributed by atoms with van der Waals surface area (Å²) in [6.07, 6.45) is -1.29. The highest BCUT2D eigenvalue weighted by Crippen LogP contribution is 2.42. The number of piperidine rings is 1. The second-order valence-electron chi connectivity index (χ2n) is 7.88. The molecule has 0 bridgehead atoms. The SMILES string of the molecule is O=[N+]([O-])c1ccc2c(c1N1CCCC(c3nnc4ccc(C(F)(F)F)cn34)C1)CCN2. The number of hydrogen-bond donors (Lipinski definition) is 1. The predicted molar refractivity (Wildman–Crippen MR) is 107 cm³/mol. The molecule has 1 saturated heterocycles. The number of fused-ring (bicyclic) bond motifs is 2. The van der Waals surface area contributed by atoms with E-state index in [1.807, 2.05) is 4.90 Å². The zero-order valence-electron chi connectivity index (χ0n) is 16.4. The van der Waals surface area contributed by atoms with Crippen LogP contribution in [0.15, 0.2) is 30.5 Å². The molecule has 1 atom stereocenters. The van der Waals surface area contributed by atoms with Crippen LogP contribution in [0, 0.1) is 10.1 Å². The van der Waals surface area contributed by atoms with E-state index in [1.165, 1.54) is 16.5 Å². The molecule has 2 aliphatic heterocycles. The number of alkyl halides is 3. The van der Waals surface area contributed by atoms with Gasteiger partial charge >= 0.3 is 6.18 Å². The number of nitro benzene ring substituents is 1. The fraction of sp³-hybridized carbons (Fsp3) is 0.400. The van der Waals surface area contributed by atoms with Gasteiger partial charge in [-0.05, 0) is 37.5 Å². The number of nitro groups is 1. The van der Waals surface area contributed by atoms with Crippen molar-refractivity contribution in [2.24, 2.45) is 0 Å². The molecule has 0 radical (unpaired) electrons. The minimum atomic E-state index is -4.47. The van der Waals surface area contributed by atoms with Gasteiger partial charge in [-0.15, -0.1) is 10.2 Å². The Morgan fingerprint density at radius 2 is 2.03 bits per heavy atom. The van der Waals surface area contributed by atoms with E-state index in [1.54, 1.807) is 6.07 Å². The molecule has 0 amide bonds. The van der Waals surface area contributed by atoms with E-state index >= 15 is 0 Å². The van der Waals surface area contributed by atoms with Crippen molar-refractivity contribution in [2.75, 3.05) is 29.9 Å². The Hall–Kier alpha value is -3.37. The fourth-order valence-corrected chi connectivity index (χ4v) is 4.61. The van der Waals surface area contributed by atoms with E-state index < -0.39 is 11.7 Å². The highest BCUT2D eigenvalue weighted by Gasteiger charge is 2.34. The maximum atomic E-state index is 13.2. The molecule has 0 aliphatic carbocycles. The van der Waals surface area contributed by atoms with E-state index in [-0.39, 0.29) is 16.5 Å². The normalized spacial score (nSPS) is 18.8. The Balaban J connectivity index is 1.53. The quantitative estimate of drug-likeness (QED) is 0.497. The Labute approximate surface area is 174 Å². The van der Waals surface area contributed by atoms with Gasteiger partial charge in [0.05, 0.1) is 10.5 Å². The van der Waals surface area contributed by atoms with Crippen molar-refractivity contribution in [2.45, 2.75) is 31.4 Å². The number of rotatable bonds is 3. The molecule has 4 heterocycles. The molecular weight excluding hydrogens is 413 g/mol. The van der Waals surface area contributed by atoms with Gasteiger partial charge in [-0.1, -0.05) is 0 Å². The van der Waals surface area contributed by atoms with Crippen molar-refractivity contribution >= 4 is 22.7 Å². The molecule has 0 saturated carbocycles. The van der Waals surface area contributed by atoms with Crippen LogP contribution in [0.5, 0.6) is 0 Å². The molecule has 1 N–H and O–H groups in total. The van der Waals surface area contributed by atoms with Crippen molar-refractivity contribution in [1.82, 2.24) is 14.6 Å². The summed E-state index contributed by atoms with van der Waals surface area (Å²) in [5.74, 6) is 0.246. The molecule has 0 spiro atoms. The molecule has 1 fully saturated rings. The highest BCUT2D eigenvalue weighted by atomic mass is 19.4. The van der Waals surface area contributed by atoms with Gasteiger partial charge in [-0.25, -0.2) is 0 Å². The first-order valence-corrected chi connectivity index (χ1v) is 10.0. The Kier molecular flexibility index (Phi) is 4.49. The second-order valence-corrected chi connectivity index (χ2v) is 7.88. The van der Waals surface area contributed by atoms with E-state index in [9.17, 15) is 23.3 Å². The smallest absolute Gasteiger partial charge is 0.384 e. The number of anilines is 2. The molecule has 5 rings (SSSR count). The third-order valence-electron chi connectivity index (χ3n) is 6.01. The second kappa shape index (κ2) is 7.10. The average molecular weight is 432 g/mol. The number of hydrogen-bond acceptors (Lipinski definition) is 6. The summed E-state index contributed by atoms with van der Waals surface area (Å²) in [5, 5.41) is 23.2. The minimum absolute atomic E-state index is 0.0496. The van der Waals surface area contributed by atoms with Crippen LogP contribution in [0.2, 0.25) is 0 Å². The van der Waals surface area contributed by atoms with Gasteiger partial charge in [0.25, 0.3) is 5.69 Å². The number of halogens is 3. The standard InChI is InChI=1S/C20H19F3N6O2/c21-20(22,23)13-3-6-17-25-26-19(28(17)11-13)12-2-1-9-27(10-12)18-14-7-8-24-15(14)4-5-16(18)29(30)31/h3-6,11-12,24H,1-2,7-10H2. The zero-order chi connectivity index (χ0) is 21.8. The van der Waals surface area contributed by atoms with Crippen molar-refractivity contribution in [1.29, 1.82) is 0 Å². The van der Waals surface area contributed by atoms with Gasteiger partial charge in [0.1, 0.15) is 11.5 Å². The van der Waals surface area contributed by atoms with Crippen molar-refractivity contribution < 1.29 is 18.1 Å². The zero-order valence-corrected chi connectivity index (χ0v) is 16.4. The van der Waals surface area contributed by atoms with E-state index in [0.717, 1.165) is 36.5 Å². The Bertz CT molecular complexity index is 1180.